The molecule has 3 aromatic rings. The van der Waals surface area contributed by atoms with Gasteiger partial charge in [-0.15, -0.1) is 0 Å². The summed E-state index contributed by atoms with van der Waals surface area (Å²) in [6, 6.07) is 16.9. The zero-order valence-corrected chi connectivity index (χ0v) is 14.9. The fourth-order valence-electron chi connectivity index (χ4n) is 2.94. The SMILES string of the molecule is CC(C)(C)c1ccc(C(CN)c2cc(-c3ccc(F)cc3)n[nH]2)cc1. The molecule has 1 aromatic heterocycles. The van der Waals surface area contributed by atoms with E-state index in [1.54, 1.807) is 12.1 Å². The van der Waals surface area contributed by atoms with Gasteiger partial charge in [0.15, 0.2) is 0 Å². The fourth-order valence-corrected chi connectivity index (χ4v) is 2.94. The Morgan fingerprint density at radius 2 is 1.68 bits per heavy atom. The first-order valence-electron chi connectivity index (χ1n) is 8.50. The summed E-state index contributed by atoms with van der Waals surface area (Å²) in [5, 5.41) is 7.45. The molecular weight excluding hydrogens is 313 g/mol. The number of hydrogen-bond acceptors (Lipinski definition) is 2. The van der Waals surface area contributed by atoms with Crippen molar-refractivity contribution in [2.24, 2.45) is 5.73 Å². The quantitative estimate of drug-likeness (QED) is 0.731. The Morgan fingerprint density at radius 1 is 1.04 bits per heavy atom. The first-order chi connectivity index (χ1) is 11.9. The van der Waals surface area contributed by atoms with Crippen LogP contribution in [0.2, 0.25) is 0 Å². The van der Waals surface area contributed by atoms with Crippen molar-refractivity contribution >= 4 is 0 Å². The number of halogens is 1. The lowest BCUT2D eigenvalue weighted by molar-refractivity contribution is 0.589. The molecule has 3 nitrogen and oxygen atoms in total. The van der Waals surface area contributed by atoms with Gasteiger partial charge in [0.2, 0.25) is 0 Å². The maximum absolute atomic E-state index is 13.1. The van der Waals surface area contributed by atoms with Crippen LogP contribution in [0.4, 0.5) is 4.39 Å². The molecule has 0 radical (unpaired) electrons. The van der Waals surface area contributed by atoms with Crippen molar-refractivity contribution in [3.8, 4) is 11.3 Å². The second kappa shape index (κ2) is 6.81. The summed E-state index contributed by atoms with van der Waals surface area (Å²) in [6.45, 7) is 7.09. The van der Waals surface area contributed by atoms with E-state index in [9.17, 15) is 4.39 Å². The van der Waals surface area contributed by atoms with Gasteiger partial charge in [-0.05, 0) is 46.9 Å². The van der Waals surface area contributed by atoms with Gasteiger partial charge in [0.05, 0.1) is 5.69 Å². The largest absolute Gasteiger partial charge is 0.329 e. The molecule has 0 saturated carbocycles. The third-order valence-corrected chi connectivity index (χ3v) is 4.53. The van der Waals surface area contributed by atoms with E-state index in [-0.39, 0.29) is 17.2 Å². The summed E-state index contributed by atoms with van der Waals surface area (Å²) in [7, 11) is 0. The molecule has 1 heterocycles. The number of H-pyrrole nitrogens is 1. The average molecular weight is 337 g/mol. The van der Waals surface area contributed by atoms with Crippen molar-refractivity contribution in [1.29, 1.82) is 0 Å². The Hall–Kier alpha value is -2.46. The highest BCUT2D eigenvalue weighted by Gasteiger charge is 2.18. The molecule has 1 atom stereocenters. The molecule has 3 rings (SSSR count). The molecule has 0 fully saturated rings. The number of rotatable bonds is 4. The van der Waals surface area contributed by atoms with Crippen LogP contribution in [0.3, 0.4) is 0 Å². The van der Waals surface area contributed by atoms with Gasteiger partial charge in [0.1, 0.15) is 5.82 Å². The maximum Gasteiger partial charge on any atom is 0.123 e. The monoisotopic (exact) mass is 337 g/mol. The van der Waals surface area contributed by atoms with Crippen LogP contribution in [0.5, 0.6) is 0 Å². The van der Waals surface area contributed by atoms with Crippen molar-refractivity contribution < 1.29 is 4.39 Å². The van der Waals surface area contributed by atoms with Gasteiger partial charge < -0.3 is 5.73 Å². The van der Waals surface area contributed by atoms with Crippen molar-refractivity contribution in [3.63, 3.8) is 0 Å². The Bertz CT molecular complexity index is 827. The number of nitrogens with one attached hydrogen (secondary N) is 1. The van der Waals surface area contributed by atoms with Crippen LogP contribution in [0.15, 0.2) is 54.6 Å². The minimum Gasteiger partial charge on any atom is -0.329 e. The Morgan fingerprint density at radius 3 is 2.24 bits per heavy atom. The van der Waals surface area contributed by atoms with Crippen molar-refractivity contribution in [1.82, 2.24) is 10.2 Å². The Kier molecular flexibility index (Phi) is 4.73. The number of aromatic nitrogens is 2. The van der Waals surface area contributed by atoms with Gasteiger partial charge in [0.25, 0.3) is 0 Å². The predicted molar refractivity (Wildman–Crippen MR) is 100 cm³/mol. The molecule has 0 aliphatic heterocycles. The van der Waals surface area contributed by atoms with Gasteiger partial charge in [-0.2, -0.15) is 5.10 Å². The Labute approximate surface area is 148 Å². The minimum atomic E-state index is -0.252. The number of nitrogens with zero attached hydrogens (tertiary/aromatic N) is 1. The molecule has 2 aromatic carbocycles. The molecule has 25 heavy (non-hydrogen) atoms. The number of benzene rings is 2. The maximum atomic E-state index is 13.1. The van der Waals surface area contributed by atoms with E-state index in [0.29, 0.717) is 6.54 Å². The second-order valence-corrected chi connectivity index (χ2v) is 7.38. The van der Waals surface area contributed by atoms with Crippen LogP contribution in [-0.2, 0) is 5.41 Å². The van der Waals surface area contributed by atoms with E-state index in [0.717, 1.165) is 22.5 Å². The molecule has 130 valence electrons. The third kappa shape index (κ3) is 3.80. The third-order valence-electron chi connectivity index (χ3n) is 4.53. The molecule has 3 N–H and O–H groups in total. The van der Waals surface area contributed by atoms with Gasteiger partial charge in [0, 0.05) is 23.7 Å². The summed E-state index contributed by atoms with van der Waals surface area (Å²) < 4.78 is 13.1. The summed E-state index contributed by atoms with van der Waals surface area (Å²) in [6.07, 6.45) is 0. The topological polar surface area (TPSA) is 54.7 Å². The predicted octanol–water partition coefficient (Wildman–Crippen LogP) is 4.60. The fraction of sp³-hybridized carbons (Fsp3) is 0.286. The minimum absolute atomic E-state index is 0.0516. The standard InChI is InChI=1S/C21H24FN3/c1-21(2,3)16-8-4-14(5-9-16)18(13-23)20-12-19(24-25-20)15-6-10-17(22)11-7-15/h4-12,18H,13,23H2,1-3H3,(H,24,25). The van der Waals surface area contributed by atoms with Gasteiger partial charge in [-0.1, -0.05) is 45.0 Å². The molecule has 0 saturated heterocycles. The van der Waals surface area contributed by atoms with Gasteiger partial charge in [-0.3, -0.25) is 5.10 Å². The van der Waals surface area contributed by atoms with Crippen LogP contribution < -0.4 is 5.73 Å². The van der Waals surface area contributed by atoms with Crippen molar-refractivity contribution in [2.75, 3.05) is 6.54 Å². The molecule has 0 amide bonds. The molecule has 0 aliphatic carbocycles. The summed E-state index contributed by atoms with van der Waals surface area (Å²) in [5.41, 5.74) is 11.2. The molecule has 1 unspecified atom stereocenters. The Balaban J connectivity index is 1.87. The van der Waals surface area contributed by atoms with Crippen LogP contribution in [0, 0.1) is 5.82 Å². The second-order valence-electron chi connectivity index (χ2n) is 7.38. The normalized spacial score (nSPS) is 13.0. The van der Waals surface area contributed by atoms with E-state index in [1.807, 2.05) is 6.07 Å². The van der Waals surface area contributed by atoms with Crippen molar-refractivity contribution in [3.05, 3.63) is 77.2 Å². The lowest BCUT2D eigenvalue weighted by Gasteiger charge is -2.20. The van der Waals surface area contributed by atoms with Crippen LogP contribution >= 0.6 is 0 Å². The number of hydrogen-bond donors (Lipinski definition) is 2. The first kappa shape index (κ1) is 17.4. The number of nitrogens with two attached hydrogens (primary N) is 1. The highest BCUT2D eigenvalue weighted by Crippen LogP contribution is 2.28. The van der Waals surface area contributed by atoms with E-state index < -0.39 is 0 Å². The zero-order chi connectivity index (χ0) is 18.0. The highest BCUT2D eigenvalue weighted by molar-refractivity contribution is 5.59. The molecular formula is C21H24FN3. The molecule has 0 spiro atoms. The lowest BCUT2D eigenvalue weighted by Crippen LogP contribution is -2.15. The lowest BCUT2D eigenvalue weighted by atomic mass is 9.85. The van der Waals surface area contributed by atoms with Crippen LogP contribution in [0.25, 0.3) is 11.3 Å². The van der Waals surface area contributed by atoms with Crippen LogP contribution in [-0.4, -0.2) is 16.7 Å². The van der Waals surface area contributed by atoms with E-state index in [1.165, 1.54) is 17.7 Å². The van der Waals surface area contributed by atoms with E-state index in [4.69, 9.17) is 5.73 Å². The summed E-state index contributed by atoms with van der Waals surface area (Å²) >= 11 is 0. The summed E-state index contributed by atoms with van der Waals surface area (Å²) in [4.78, 5) is 0. The molecule has 4 heteroatoms. The van der Waals surface area contributed by atoms with Gasteiger partial charge in [-0.25, -0.2) is 4.39 Å². The van der Waals surface area contributed by atoms with Gasteiger partial charge >= 0.3 is 0 Å². The molecule has 0 bridgehead atoms. The van der Waals surface area contributed by atoms with Crippen molar-refractivity contribution in [2.45, 2.75) is 32.1 Å². The zero-order valence-electron chi connectivity index (χ0n) is 14.9. The van der Waals surface area contributed by atoms with E-state index >= 15 is 0 Å². The summed E-state index contributed by atoms with van der Waals surface area (Å²) in [5.74, 6) is -0.200. The molecule has 0 aliphatic rings. The van der Waals surface area contributed by atoms with Crippen LogP contribution in [0.1, 0.15) is 43.5 Å². The highest BCUT2D eigenvalue weighted by atomic mass is 19.1. The smallest absolute Gasteiger partial charge is 0.123 e. The average Bonchev–Trinajstić information content (AvgIpc) is 3.05. The number of aromatic amines is 1. The van der Waals surface area contributed by atoms with E-state index in [2.05, 4.69) is 55.2 Å². The first-order valence-corrected chi connectivity index (χ1v) is 8.50.